The molecule has 0 aliphatic carbocycles. The average Bonchev–Trinajstić information content (AvgIpc) is 3.38. The summed E-state index contributed by atoms with van der Waals surface area (Å²) in [5.41, 5.74) is 2.13. The summed E-state index contributed by atoms with van der Waals surface area (Å²) in [5.74, 6) is -3.13. The molecule has 1 atom stereocenters. The molecule has 1 aromatic heterocycles. The standard InChI is InChI=1S/C24H28F2N4O3S/c1-24(25,26)16-4-3-5-18-15(16)12-19(29(18)2)22(32)30-9-6-17-20(13-30)34-23(27-17)28-21(31)14-7-10-33-11-8-14/h3-5,14,19H,6-13H2,1-2H3,(H,27,28,31). The van der Waals surface area contributed by atoms with E-state index in [0.717, 1.165) is 17.5 Å². The number of anilines is 2. The lowest BCUT2D eigenvalue weighted by Crippen LogP contribution is -2.47. The lowest BCUT2D eigenvalue weighted by molar-refractivity contribution is -0.133. The Bertz CT molecular complexity index is 1110. The number of hydrogen-bond donors (Lipinski definition) is 1. The van der Waals surface area contributed by atoms with Gasteiger partial charge in [-0.25, -0.2) is 13.8 Å². The molecule has 1 fully saturated rings. The number of thiazole rings is 1. The molecule has 2 amide bonds. The molecule has 10 heteroatoms. The first-order chi connectivity index (χ1) is 16.2. The minimum absolute atomic E-state index is 0.0135. The van der Waals surface area contributed by atoms with Crippen molar-refractivity contribution in [2.75, 3.05) is 37.0 Å². The summed E-state index contributed by atoms with van der Waals surface area (Å²) >= 11 is 1.40. The van der Waals surface area contributed by atoms with Crippen molar-refractivity contribution in [3.8, 4) is 0 Å². The number of nitrogens with zero attached hydrogens (tertiary/aromatic N) is 3. The van der Waals surface area contributed by atoms with E-state index < -0.39 is 12.0 Å². The molecule has 2 aromatic rings. The number of nitrogens with one attached hydrogen (secondary N) is 1. The third kappa shape index (κ3) is 4.29. The van der Waals surface area contributed by atoms with Crippen LogP contribution in [0.4, 0.5) is 19.6 Å². The van der Waals surface area contributed by atoms with Gasteiger partial charge in [0.1, 0.15) is 6.04 Å². The van der Waals surface area contributed by atoms with Crippen LogP contribution >= 0.6 is 11.3 Å². The van der Waals surface area contributed by atoms with E-state index >= 15 is 0 Å². The van der Waals surface area contributed by atoms with Crippen LogP contribution < -0.4 is 10.2 Å². The summed E-state index contributed by atoms with van der Waals surface area (Å²) in [5, 5.41) is 3.50. The molecule has 182 valence electrons. The van der Waals surface area contributed by atoms with E-state index in [0.29, 0.717) is 61.9 Å². The van der Waals surface area contributed by atoms with Gasteiger partial charge in [-0.3, -0.25) is 9.59 Å². The van der Waals surface area contributed by atoms with Gasteiger partial charge in [0.15, 0.2) is 5.13 Å². The molecular formula is C24H28F2N4O3S. The summed E-state index contributed by atoms with van der Waals surface area (Å²) in [6.07, 6.45) is 2.29. The number of likely N-dealkylation sites (N-methyl/N-ethyl adjacent to an activating group) is 1. The van der Waals surface area contributed by atoms with Crippen LogP contribution in [0.15, 0.2) is 18.2 Å². The van der Waals surface area contributed by atoms with Crippen LogP contribution in [0.2, 0.25) is 0 Å². The van der Waals surface area contributed by atoms with E-state index in [1.54, 1.807) is 24.1 Å². The van der Waals surface area contributed by atoms with Gasteiger partial charge in [0.25, 0.3) is 5.92 Å². The van der Waals surface area contributed by atoms with Gasteiger partial charge in [0.2, 0.25) is 11.8 Å². The zero-order valence-electron chi connectivity index (χ0n) is 19.3. The SMILES string of the molecule is CN1c2cccc(C(C)(F)F)c2CC1C(=O)N1CCc2nc(NC(=O)C3CCOCC3)sc2C1. The van der Waals surface area contributed by atoms with E-state index in [1.165, 1.54) is 17.4 Å². The van der Waals surface area contributed by atoms with Crippen LogP contribution in [0.1, 0.15) is 41.5 Å². The lowest BCUT2D eigenvalue weighted by atomic mass is 9.98. The highest BCUT2D eigenvalue weighted by Gasteiger charge is 2.40. The molecule has 1 unspecified atom stereocenters. The molecule has 0 spiro atoms. The smallest absolute Gasteiger partial charge is 0.270 e. The monoisotopic (exact) mass is 490 g/mol. The highest BCUT2D eigenvalue weighted by atomic mass is 32.1. The minimum atomic E-state index is -2.96. The van der Waals surface area contributed by atoms with Gasteiger partial charge in [-0.1, -0.05) is 23.5 Å². The summed E-state index contributed by atoms with van der Waals surface area (Å²) < 4.78 is 33.6. The Balaban J connectivity index is 1.27. The Morgan fingerprint density at radius 2 is 2.03 bits per heavy atom. The maximum atomic E-state index is 14.1. The summed E-state index contributed by atoms with van der Waals surface area (Å²) in [6.45, 7) is 3.02. The highest BCUT2D eigenvalue weighted by molar-refractivity contribution is 7.15. The van der Waals surface area contributed by atoms with Crippen molar-refractivity contribution in [1.29, 1.82) is 0 Å². The minimum Gasteiger partial charge on any atom is -0.381 e. The van der Waals surface area contributed by atoms with Crippen LogP contribution in [-0.4, -0.2) is 54.5 Å². The summed E-state index contributed by atoms with van der Waals surface area (Å²) in [4.78, 5) is 35.1. The molecule has 0 bridgehead atoms. The largest absolute Gasteiger partial charge is 0.381 e. The predicted octanol–water partition coefficient (Wildman–Crippen LogP) is 3.57. The van der Waals surface area contributed by atoms with Crippen LogP contribution in [0.5, 0.6) is 0 Å². The van der Waals surface area contributed by atoms with Crippen molar-refractivity contribution in [2.45, 2.75) is 51.1 Å². The Morgan fingerprint density at radius 1 is 1.26 bits per heavy atom. The molecule has 34 heavy (non-hydrogen) atoms. The molecule has 0 radical (unpaired) electrons. The van der Waals surface area contributed by atoms with Crippen LogP contribution in [0.25, 0.3) is 0 Å². The molecular weight excluding hydrogens is 462 g/mol. The topological polar surface area (TPSA) is 74.8 Å². The molecule has 3 aliphatic heterocycles. The van der Waals surface area contributed by atoms with E-state index in [9.17, 15) is 18.4 Å². The zero-order chi connectivity index (χ0) is 24.0. The molecule has 1 saturated heterocycles. The number of rotatable bonds is 4. The first-order valence-electron chi connectivity index (χ1n) is 11.6. The number of benzene rings is 1. The van der Waals surface area contributed by atoms with Crippen molar-refractivity contribution in [3.05, 3.63) is 39.9 Å². The summed E-state index contributed by atoms with van der Waals surface area (Å²) in [7, 11) is 1.79. The fourth-order valence-electron chi connectivity index (χ4n) is 5.10. The van der Waals surface area contributed by atoms with E-state index in [4.69, 9.17) is 4.74 Å². The molecule has 7 nitrogen and oxygen atoms in total. The van der Waals surface area contributed by atoms with Gasteiger partial charge in [-0.2, -0.15) is 0 Å². The Kier molecular flexibility index (Phi) is 6.05. The number of aromatic nitrogens is 1. The molecule has 0 saturated carbocycles. The van der Waals surface area contributed by atoms with Crippen LogP contribution in [0, 0.1) is 5.92 Å². The van der Waals surface area contributed by atoms with Crippen molar-refractivity contribution in [1.82, 2.24) is 9.88 Å². The average molecular weight is 491 g/mol. The number of alkyl halides is 2. The predicted molar refractivity (Wildman–Crippen MR) is 125 cm³/mol. The van der Waals surface area contributed by atoms with E-state index in [1.807, 2.05) is 4.90 Å². The van der Waals surface area contributed by atoms with Crippen LogP contribution in [-0.2, 0) is 39.6 Å². The highest BCUT2D eigenvalue weighted by Crippen LogP contribution is 2.40. The normalized spacial score (nSPS) is 20.8. The van der Waals surface area contributed by atoms with Gasteiger partial charge in [-0.15, -0.1) is 0 Å². The first-order valence-corrected chi connectivity index (χ1v) is 12.4. The molecule has 1 N–H and O–H groups in total. The number of amides is 2. The molecule has 4 heterocycles. The third-order valence-electron chi connectivity index (χ3n) is 7.02. The lowest BCUT2D eigenvalue weighted by Gasteiger charge is -2.31. The fourth-order valence-corrected chi connectivity index (χ4v) is 6.12. The van der Waals surface area contributed by atoms with Gasteiger partial charge in [0.05, 0.1) is 12.2 Å². The Hall–Kier alpha value is -2.59. The number of carbonyl (C=O) groups is 2. The third-order valence-corrected chi connectivity index (χ3v) is 8.02. The maximum absolute atomic E-state index is 14.1. The molecule has 3 aliphatic rings. The second-order valence-corrected chi connectivity index (χ2v) is 10.4. The number of halogens is 2. The molecule has 1 aromatic carbocycles. The second-order valence-electron chi connectivity index (χ2n) is 9.30. The quantitative estimate of drug-likeness (QED) is 0.710. The first kappa shape index (κ1) is 23.2. The van der Waals surface area contributed by atoms with E-state index in [-0.39, 0.29) is 29.7 Å². The van der Waals surface area contributed by atoms with E-state index in [2.05, 4.69) is 10.3 Å². The fraction of sp³-hybridized carbons (Fsp3) is 0.542. The van der Waals surface area contributed by atoms with Crippen molar-refractivity contribution < 1.29 is 23.1 Å². The van der Waals surface area contributed by atoms with Crippen molar-refractivity contribution >= 4 is 34.0 Å². The number of ether oxygens (including phenoxy) is 1. The molecule has 5 rings (SSSR count). The van der Waals surface area contributed by atoms with Crippen LogP contribution in [0.3, 0.4) is 0 Å². The van der Waals surface area contributed by atoms with Gasteiger partial charge >= 0.3 is 0 Å². The number of carbonyl (C=O) groups excluding carboxylic acids is 2. The van der Waals surface area contributed by atoms with Gasteiger partial charge in [0, 0.05) is 68.6 Å². The second kappa shape index (κ2) is 8.88. The van der Waals surface area contributed by atoms with Crippen molar-refractivity contribution in [2.24, 2.45) is 5.92 Å². The van der Waals surface area contributed by atoms with Gasteiger partial charge in [-0.05, 0) is 24.5 Å². The van der Waals surface area contributed by atoms with Gasteiger partial charge < -0.3 is 19.9 Å². The van der Waals surface area contributed by atoms with Crippen molar-refractivity contribution in [3.63, 3.8) is 0 Å². The summed E-state index contributed by atoms with van der Waals surface area (Å²) in [6, 6.07) is 4.35. The Labute approximate surface area is 201 Å². The number of fused-ring (bicyclic) bond motifs is 2. The zero-order valence-corrected chi connectivity index (χ0v) is 20.1. The Morgan fingerprint density at radius 3 is 2.76 bits per heavy atom. The maximum Gasteiger partial charge on any atom is 0.270 e. The number of hydrogen-bond acceptors (Lipinski definition) is 6.